The normalized spacial score (nSPS) is 13.4. The Hall–Kier alpha value is -2.71. The second-order valence-electron chi connectivity index (χ2n) is 8.17. The number of hydrogen-bond donors (Lipinski definition) is 0. The van der Waals surface area contributed by atoms with Gasteiger partial charge in [0.1, 0.15) is 25.2 Å². The molecule has 0 bridgehead atoms. The molecule has 0 N–H and O–H groups in total. The van der Waals surface area contributed by atoms with Crippen molar-refractivity contribution in [3.63, 3.8) is 0 Å². The van der Waals surface area contributed by atoms with Gasteiger partial charge in [0.25, 0.3) is 6.47 Å². The fraction of sp³-hybridized carbons (Fsp3) is 0.560. The maximum Gasteiger partial charge on any atom is 0.319 e. The van der Waals surface area contributed by atoms with E-state index in [0.29, 0.717) is 26.2 Å². The molecule has 8 nitrogen and oxygen atoms in total. The lowest BCUT2D eigenvalue weighted by atomic mass is 9.93. The summed E-state index contributed by atoms with van der Waals surface area (Å²) in [5.41, 5.74) is 0.498. The summed E-state index contributed by atoms with van der Waals surface area (Å²) >= 11 is 0. The smallest absolute Gasteiger partial charge is 0.319 e. The van der Waals surface area contributed by atoms with Crippen LogP contribution in [0.25, 0.3) is 0 Å². The first-order chi connectivity index (χ1) is 15.8. The zero-order valence-electron chi connectivity index (χ0n) is 19.9. The Balaban J connectivity index is 2.55. The van der Waals surface area contributed by atoms with Crippen molar-refractivity contribution in [2.45, 2.75) is 39.7 Å². The number of methoxy groups -OCH3 is 1. The first-order valence-corrected chi connectivity index (χ1v) is 11.0. The highest BCUT2D eigenvalue weighted by molar-refractivity contribution is 5.78. The summed E-state index contributed by atoms with van der Waals surface area (Å²) < 4.78 is 26.3. The van der Waals surface area contributed by atoms with Crippen molar-refractivity contribution >= 4 is 18.4 Å². The van der Waals surface area contributed by atoms with Crippen molar-refractivity contribution < 1.29 is 38.1 Å². The van der Waals surface area contributed by atoms with E-state index in [2.05, 4.69) is 6.58 Å². The van der Waals surface area contributed by atoms with Crippen LogP contribution in [0.2, 0.25) is 0 Å². The Bertz CT molecular complexity index is 733. The largest absolute Gasteiger partial charge is 0.467 e. The minimum atomic E-state index is -1.32. The summed E-state index contributed by atoms with van der Waals surface area (Å²) in [5.74, 6) is -1.07. The summed E-state index contributed by atoms with van der Waals surface area (Å²) in [4.78, 5) is 35.6. The van der Waals surface area contributed by atoms with Gasteiger partial charge in [0, 0.05) is 19.4 Å². The second-order valence-corrected chi connectivity index (χ2v) is 8.17. The van der Waals surface area contributed by atoms with Crippen molar-refractivity contribution in [1.29, 1.82) is 0 Å². The van der Waals surface area contributed by atoms with Gasteiger partial charge >= 0.3 is 11.9 Å². The average molecular weight is 465 g/mol. The minimum absolute atomic E-state index is 0.0211. The third-order valence-electron chi connectivity index (χ3n) is 5.05. The molecule has 184 valence electrons. The third-order valence-corrected chi connectivity index (χ3v) is 5.05. The van der Waals surface area contributed by atoms with Crippen LogP contribution in [0, 0.1) is 11.3 Å². The Morgan fingerprint density at radius 2 is 1.85 bits per heavy atom. The van der Waals surface area contributed by atoms with E-state index in [-0.39, 0.29) is 38.6 Å². The molecule has 1 rings (SSSR count). The van der Waals surface area contributed by atoms with E-state index in [4.69, 9.17) is 23.7 Å². The summed E-state index contributed by atoms with van der Waals surface area (Å²) in [6.07, 6.45) is 1.49. The average Bonchev–Trinajstić information content (AvgIpc) is 2.83. The zero-order valence-corrected chi connectivity index (χ0v) is 19.9. The van der Waals surface area contributed by atoms with Gasteiger partial charge in [-0.2, -0.15) is 0 Å². The number of hydrogen-bond acceptors (Lipinski definition) is 8. The predicted octanol–water partition coefficient (Wildman–Crippen LogP) is 3.48. The van der Waals surface area contributed by atoms with Gasteiger partial charge in [0.2, 0.25) is 0 Å². The predicted molar refractivity (Wildman–Crippen MR) is 122 cm³/mol. The molecule has 8 heteroatoms. The number of rotatable bonds is 18. The van der Waals surface area contributed by atoms with Crippen LogP contribution in [-0.2, 0) is 44.7 Å². The first-order valence-electron chi connectivity index (χ1n) is 11.0. The van der Waals surface area contributed by atoms with Gasteiger partial charge in [-0.3, -0.25) is 14.4 Å². The van der Waals surface area contributed by atoms with E-state index in [1.165, 1.54) is 6.92 Å². The highest BCUT2D eigenvalue weighted by atomic mass is 16.6. The van der Waals surface area contributed by atoms with Crippen LogP contribution in [0.3, 0.4) is 0 Å². The van der Waals surface area contributed by atoms with Gasteiger partial charge in [-0.25, -0.2) is 0 Å². The zero-order chi connectivity index (χ0) is 24.5. The molecule has 0 fully saturated rings. The maximum atomic E-state index is 12.7. The topological polar surface area (TPSA) is 97.4 Å². The van der Waals surface area contributed by atoms with Gasteiger partial charge < -0.3 is 23.7 Å². The van der Waals surface area contributed by atoms with Crippen LogP contribution < -0.4 is 0 Å². The van der Waals surface area contributed by atoms with E-state index < -0.39 is 17.4 Å². The van der Waals surface area contributed by atoms with Crippen LogP contribution in [0.1, 0.15) is 38.7 Å². The molecule has 0 heterocycles. The molecule has 0 spiro atoms. The molecule has 0 aliphatic rings. The monoisotopic (exact) mass is 464 g/mol. The lowest BCUT2D eigenvalue weighted by Gasteiger charge is -2.26. The molecule has 1 aromatic rings. The molecule has 1 aromatic carbocycles. The summed E-state index contributed by atoms with van der Waals surface area (Å²) in [7, 11) is 1.59. The third kappa shape index (κ3) is 11.6. The van der Waals surface area contributed by atoms with Crippen LogP contribution in [0.5, 0.6) is 0 Å². The standard InChI is InChI=1S/C25H36O8/c1-5-20(2)13-30-15-22(14-29-4)11-12-23(27)33-18-25(3,17-31-19-26)24(28)32-16-21-9-7-6-8-10-21/h6-10,19,22H,2,5,11-18H2,1,3-4H3. The SMILES string of the molecule is C=C(CC)COCC(CCC(=O)OCC(C)(COC=O)C(=O)OCc1ccccc1)COC. The molecular weight excluding hydrogens is 428 g/mol. The van der Waals surface area contributed by atoms with Gasteiger partial charge in [-0.15, -0.1) is 0 Å². The molecule has 0 aliphatic heterocycles. The van der Waals surface area contributed by atoms with E-state index >= 15 is 0 Å². The van der Waals surface area contributed by atoms with Crippen molar-refractivity contribution in [2.24, 2.45) is 11.3 Å². The number of carbonyl (C=O) groups excluding carboxylic acids is 3. The second kappa shape index (κ2) is 16.0. The van der Waals surface area contributed by atoms with Crippen molar-refractivity contribution in [3.05, 3.63) is 48.0 Å². The molecule has 0 amide bonds. The first kappa shape index (κ1) is 28.3. The Morgan fingerprint density at radius 3 is 2.48 bits per heavy atom. The molecule has 2 atom stereocenters. The number of benzene rings is 1. The summed E-state index contributed by atoms with van der Waals surface area (Å²) in [6, 6.07) is 9.18. The van der Waals surface area contributed by atoms with E-state index in [0.717, 1.165) is 17.6 Å². The maximum absolute atomic E-state index is 12.7. The van der Waals surface area contributed by atoms with Crippen LogP contribution in [0.15, 0.2) is 42.5 Å². The lowest BCUT2D eigenvalue weighted by molar-refractivity contribution is -0.169. The van der Waals surface area contributed by atoms with Crippen molar-refractivity contribution in [2.75, 3.05) is 40.1 Å². The van der Waals surface area contributed by atoms with Crippen molar-refractivity contribution in [3.8, 4) is 0 Å². The highest BCUT2D eigenvalue weighted by Crippen LogP contribution is 2.22. The fourth-order valence-corrected chi connectivity index (χ4v) is 2.83. The van der Waals surface area contributed by atoms with Crippen LogP contribution >= 0.6 is 0 Å². The molecule has 0 saturated carbocycles. The minimum Gasteiger partial charge on any atom is -0.467 e. The summed E-state index contributed by atoms with van der Waals surface area (Å²) in [6.45, 7) is 8.58. The van der Waals surface area contributed by atoms with E-state index in [1.807, 2.05) is 37.3 Å². The van der Waals surface area contributed by atoms with Gasteiger partial charge in [0.15, 0.2) is 0 Å². The Kier molecular flexibility index (Phi) is 13.7. The molecule has 0 radical (unpaired) electrons. The Morgan fingerprint density at radius 1 is 1.12 bits per heavy atom. The molecule has 0 saturated heterocycles. The molecule has 0 aliphatic carbocycles. The van der Waals surface area contributed by atoms with E-state index in [9.17, 15) is 14.4 Å². The number of ether oxygens (including phenoxy) is 5. The molecule has 2 unspecified atom stereocenters. The number of esters is 2. The molecule has 33 heavy (non-hydrogen) atoms. The van der Waals surface area contributed by atoms with Crippen molar-refractivity contribution in [1.82, 2.24) is 0 Å². The van der Waals surface area contributed by atoms with Gasteiger partial charge in [0.05, 0.1) is 19.8 Å². The highest BCUT2D eigenvalue weighted by Gasteiger charge is 2.38. The fourth-order valence-electron chi connectivity index (χ4n) is 2.83. The van der Waals surface area contributed by atoms with Crippen LogP contribution in [0.4, 0.5) is 0 Å². The van der Waals surface area contributed by atoms with Gasteiger partial charge in [-0.1, -0.05) is 49.4 Å². The number of carbonyl (C=O) groups is 3. The Labute approximate surface area is 196 Å². The quantitative estimate of drug-likeness (QED) is 0.141. The van der Waals surface area contributed by atoms with Gasteiger partial charge in [-0.05, 0) is 25.3 Å². The lowest BCUT2D eigenvalue weighted by Crippen LogP contribution is -2.39. The summed E-state index contributed by atoms with van der Waals surface area (Å²) in [5, 5.41) is 0. The van der Waals surface area contributed by atoms with E-state index in [1.54, 1.807) is 7.11 Å². The molecule has 0 aromatic heterocycles. The molecular formula is C25H36O8. The van der Waals surface area contributed by atoms with Crippen LogP contribution in [-0.4, -0.2) is 58.6 Å².